The van der Waals surface area contributed by atoms with Crippen LogP contribution in [0, 0.1) is 0 Å². The Balaban J connectivity index is 1.08. The van der Waals surface area contributed by atoms with Crippen molar-refractivity contribution in [2.75, 3.05) is 0 Å². The van der Waals surface area contributed by atoms with Gasteiger partial charge in [0.15, 0.2) is 17.5 Å². The molecule has 0 spiro atoms. The minimum Gasteiger partial charge on any atom is -0.309 e. The van der Waals surface area contributed by atoms with Crippen LogP contribution in [0.3, 0.4) is 0 Å². The highest BCUT2D eigenvalue weighted by molar-refractivity contribution is 7.26. The van der Waals surface area contributed by atoms with Gasteiger partial charge in [-0.2, -0.15) is 0 Å². The first-order chi connectivity index (χ1) is 28.3. The van der Waals surface area contributed by atoms with E-state index in [4.69, 9.17) is 15.0 Å². The summed E-state index contributed by atoms with van der Waals surface area (Å²) in [6.07, 6.45) is 0. The van der Waals surface area contributed by atoms with Crippen LogP contribution in [-0.4, -0.2) is 24.1 Å². The van der Waals surface area contributed by atoms with Crippen LogP contribution in [0.4, 0.5) is 0 Å². The molecule has 4 heterocycles. The minimum absolute atomic E-state index is 0.657. The van der Waals surface area contributed by atoms with E-state index in [9.17, 15) is 0 Å². The van der Waals surface area contributed by atoms with Gasteiger partial charge in [0.25, 0.3) is 0 Å². The summed E-state index contributed by atoms with van der Waals surface area (Å²) in [5.41, 5.74) is 9.94. The lowest BCUT2D eigenvalue weighted by Gasteiger charge is -2.11. The molecule has 0 amide bonds. The molecular weight excluding hydrogens is 715 g/mol. The summed E-state index contributed by atoms with van der Waals surface area (Å²) >= 11 is 1.81. The van der Waals surface area contributed by atoms with Gasteiger partial charge in [0.2, 0.25) is 0 Å². The highest BCUT2D eigenvalue weighted by Crippen LogP contribution is 2.43. The number of aromatic nitrogens is 5. The van der Waals surface area contributed by atoms with E-state index in [0.29, 0.717) is 17.5 Å². The maximum absolute atomic E-state index is 5.11. The molecule has 0 atom stereocenters. The quantitative estimate of drug-likeness (QED) is 0.176. The van der Waals surface area contributed by atoms with E-state index >= 15 is 0 Å². The van der Waals surface area contributed by atoms with E-state index in [1.165, 1.54) is 58.4 Å². The third kappa shape index (κ3) is 4.98. The average Bonchev–Trinajstić information content (AvgIpc) is 3.93. The SMILES string of the molecule is c1ccc(-c2nc(-c3ccccc3)nc(-c3cccc4sc5cc(-n6c7ccccc7c7cc8c9ccccc9n(-c9ccccc9)c8cc76)ccc5c34)n2)cc1. The Bertz CT molecular complexity index is 3450. The Morgan fingerprint density at radius 3 is 1.51 bits per heavy atom. The molecule has 0 saturated heterocycles. The molecule has 0 N–H and O–H groups in total. The zero-order valence-corrected chi connectivity index (χ0v) is 31.4. The lowest BCUT2D eigenvalue weighted by Crippen LogP contribution is -2.00. The van der Waals surface area contributed by atoms with Crippen LogP contribution < -0.4 is 0 Å². The van der Waals surface area contributed by atoms with Crippen LogP contribution in [0.25, 0.3) is 109 Å². The lowest BCUT2D eigenvalue weighted by atomic mass is 10.0. The van der Waals surface area contributed by atoms with Gasteiger partial charge in [0, 0.05) is 69.8 Å². The largest absolute Gasteiger partial charge is 0.309 e. The van der Waals surface area contributed by atoms with Gasteiger partial charge in [0.05, 0.1) is 22.1 Å². The molecule has 8 aromatic carbocycles. The molecule has 12 aromatic rings. The first-order valence-corrected chi connectivity index (χ1v) is 19.9. The number of para-hydroxylation sites is 3. The number of nitrogens with zero attached hydrogens (tertiary/aromatic N) is 5. The van der Waals surface area contributed by atoms with E-state index < -0.39 is 0 Å². The van der Waals surface area contributed by atoms with Gasteiger partial charge in [0.1, 0.15) is 0 Å². The molecule has 0 fully saturated rings. The Labute approximate surface area is 331 Å². The zero-order valence-electron chi connectivity index (χ0n) is 30.5. The van der Waals surface area contributed by atoms with E-state index in [1.54, 1.807) is 0 Å². The van der Waals surface area contributed by atoms with Crippen LogP contribution in [0.5, 0.6) is 0 Å². The predicted molar refractivity (Wildman–Crippen MR) is 238 cm³/mol. The van der Waals surface area contributed by atoms with Gasteiger partial charge < -0.3 is 9.13 Å². The monoisotopic (exact) mass is 745 g/mol. The van der Waals surface area contributed by atoms with E-state index in [1.807, 2.05) is 47.7 Å². The standard InChI is InChI=1S/C51H31N5S/c1-4-15-32(16-5-1)49-52-50(33-17-6-2-7-18-33)54-51(53-49)39-23-14-26-46-48(39)38-28-27-35(29-47(38)57-46)56-43-25-13-11-22-37(43)41-30-40-36-21-10-12-24-42(36)55(44(40)31-45(41)56)34-19-8-3-9-20-34/h1-31H. The molecule has 6 heteroatoms. The second kappa shape index (κ2) is 12.6. The summed E-state index contributed by atoms with van der Waals surface area (Å²) in [5, 5.41) is 7.33. The highest BCUT2D eigenvalue weighted by atomic mass is 32.1. The summed E-state index contributed by atoms with van der Waals surface area (Å²) in [5.74, 6) is 1.98. The summed E-state index contributed by atoms with van der Waals surface area (Å²) < 4.78 is 7.24. The van der Waals surface area contributed by atoms with E-state index in [2.05, 4.69) is 161 Å². The Morgan fingerprint density at radius 1 is 0.333 bits per heavy atom. The van der Waals surface area contributed by atoms with Crippen molar-refractivity contribution in [2.24, 2.45) is 0 Å². The van der Waals surface area contributed by atoms with Crippen molar-refractivity contribution in [3.05, 3.63) is 188 Å². The summed E-state index contributed by atoms with van der Waals surface area (Å²) in [4.78, 5) is 15.2. The molecule has 0 bridgehead atoms. The Hall–Kier alpha value is -7.41. The molecule has 266 valence electrons. The zero-order chi connectivity index (χ0) is 37.5. The van der Waals surface area contributed by atoms with Crippen LogP contribution in [-0.2, 0) is 0 Å². The number of thiophene rings is 1. The molecule has 0 saturated carbocycles. The van der Waals surface area contributed by atoms with Gasteiger partial charge >= 0.3 is 0 Å². The first kappa shape index (κ1) is 31.9. The fraction of sp³-hybridized carbons (Fsp3) is 0. The molecule has 0 radical (unpaired) electrons. The van der Waals surface area contributed by atoms with Gasteiger partial charge in [-0.1, -0.05) is 133 Å². The second-order valence-electron chi connectivity index (χ2n) is 14.4. The van der Waals surface area contributed by atoms with Crippen molar-refractivity contribution in [1.29, 1.82) is 0 Å². The Morgan fingerprint density at radius 2 is 0.877 bits per heavy atom. The van der Waals surface area contributed by atoms with Crippen LogP contribution in [0.2, 0.25) is 0 Å². The molecule has 0 aliphatic carbocycles. The minimum atomic E-state index is 0.657. The second-order valence-corrected chi connectivity index (χ2v) is 15.5. The predicted octanol–water partition coefficient (Wildman–Crippen LogP) is 13.4. The van der Waals surface area contributed by atoms with Crippen LogP contribution in [0.15, 0.2) is 188 Å². The lowest BCUT2D eigenvalue weighted by molar-refractivity contribution is 1.08. The van der Waals surface area contributed by atoms with Crippen molar-refractivity contribution in [3.63, 3.8) is 0 Å². The van der Waals surface area contributed by atoms with Crippen molar-refractivity contribution in [1.82, 2.24) is 24.1 Å². The molecule has 57 heavy (non-hydrogen) atoms. The fourth-order valence-electron chi connectivity index (χ4n) is 8.63. The van der Waals surface area contributed by atoms with Crippen molar-refractivity contribution in [3.8, 4) is 45.5 Å². The molecular formula is C51H31N5S. The third-order valence-electron chi connectivity index (χ3n) is 11.2. The summed E-state index contributed by atoms with van der Waals surface area (Å²) in [7, 11) is 0. The number of rotatable bonds is 5. The average molecular weight is 746 g/mol. The number of benzene rings is 8. The molecule has 5 nitrogen and oxygen atoms in total. The number of hydrogen-bond acceptors (Lipinski definition) is 4. The Kier molecular flexibility index (Phi) is 7.03. The summed E-state index contributed by atoms with van der Waals surface area (Å²) in [6, 6.07) is 66.7. The smallest absolute Gasteiger partial charge is 0.164 e. The maximum atomic E-state index is 5.11. The molecule has 0 aliphatic heterocycles. The normalized spacial score (nSPS) is 11.9. The fourth-order valence-corrected chi connectivity index (χ4v) is 9.80. The summed E-state index contributed by atoms with van der Waals surface area (Å²) in [6.45, 7) is 0. The van der Waals surface area contributed by atoms with Crippen LogP contribution in [0.1, 0.15) is 0 Å². The molecule has 4 aromatic heterocycles. The molecule has 0 aliphatic rings. The highest BCUT2D eigenvalue weighted by Gasteiger charge is 2.21. The number of hydrogen-bond donors (Lipinski definition) is 0. The molecule has 0 unspecified atom stereocenters. The molecule has 12 rings (SSSR count). The first-order valence-electron chi connectivity index (χ1n) is 19.1. The van der Waals surface area contributed by atoms with Gasteiger partial charge in [-0.05, 0) is 54.6 Å². The van der Waals surface area contributed by atoms with E-state index in [-0.39, 0.29) is 0 Å². The third-order valence-corrected chi connectivity index (χ3v) is 12.3. The van der Waals surface area contributed by atoms with Gasteiger partial charge in [-0.3, -0.25) is 0 Å². The van der Waals surface area contributed by atoms with Crippen molar-refractivity contribution < 1.29 is 0 Å². The maximum Gasteiger partial charge on any atom is 0.164 e. The number of fused-ring (bicyclic) bond motifs is 9. The van der Waals surface area contributed by atoms with Gasteiger partial charge in [-0.25, -0.2) is 15.0 Å². The topological polar surface area (TPSA) is 48.5 Å². The van der Waals surface area contributed by atoms with Gasteiger partial charge in [-0.15, -0.1) is 11.3 Å². The van der Waals surface area contributed by atoms with Crippen LogP contribution >= 0.6 is 11.3 Å². The van der Waals surface area contributed by atoms with Crippen molar-refractivity contribution >= 4 is 75.1 Å². The van der Waals surface area contributed by atoms with Crippen molar-refractivity contribution in [2.45, 2.75) is 0 Å². The van der Waals surface area contributed by atoms with E-state index in [0.717, 1.165) is 33.5 Å².